The zero-order valence-electron chi connectivity index (χ0n) is 9.74. The monoisotopic (exact) mass is 210 g/mol. The number of ether oxygens (including phenoxy) is 1. The highest BCUT2D eigenvalue weighted by Crippen LogP contribution is 2.13. The van der Waals surface area contributed by atoms with Gasteiger partial charge in [0.05, 0.1) is 12.2 Å². The van der Waals surface area contributed by atoms with Gasteiger partial charge >= 0.3 is 0 Å². The van der Waals surface area contributed by atoms with Gasteiger partial charge in [-0.2, -0.15) is 5.26 Å². The van der Waals surface area contributed by atoms with E-state index < -0.39 is 0 Å². The number of likely N-dealkylation sites (tertiary alicyclic amines) is 1. The van der Waals surface area contributed by atoms with Crippen LogP contribution in [0.4, 0.5) is 0 Å². The molecule has 0 saturated carbocycles. The molecule has 3 nitrogen and oxygen atoms in total. The fraction of sp³-hybridized carbons (Fsp3) is 0.917. The van der Waals surface area contributed by atoms with Crippen LogP contribution in [0, 0.1) is 11.3 Å². The van der Waals surface area contributed by atoms with Crippen molar-refractivity contribution in [2.24, 2.45) is 0 Å². The first-order chi connectivity index (χ1) is 7.36. The van der Waals surface area contributed by atoms with Crippen molar-refractivity contribution < 1.29 is 4.74 Å². The largest absolute Gasteiger partial charge is 0.377 e. The molecule has 0 aromatic rings. The van der Waals surface area contributed by atoms with Crippen LogP contribution in [0.2, 0.25) is 0 Å². The highest BCUT2D eigenvalue weighted by atomic mass is 16.5. The third-order valence-electron chi connectivity index (χ3n) is 2.88. The van der Waals surface area contributed by atoms with E-state index in [2.05, 4.69) is 17.9 Å². The lowest BCUT2D eigenvalue weighted by molar-refractivity contribution is 0.00564. The lowest BCUT2D eigenvalue weighted by Crippen LogP contribution is -2.40. The van der Waals surface area contributed by atoms with E-state index in [9.17, 15) is 0 Å². The second kappa shape index (κ2) is 7.67. The second-order valence-electron chi connectivity index (χ2n) is 4.14. The van der Waals surface area contributed by atoms with Gasteiger partial charge in [0.25, 0.3) is 0 Å². The highest BCUT2D eigenvalue weighted by molar-refractivity contribution is 4.74. The number of rotatable bonds is 6. The van der Waals surface area contributed by atoms with Crippen molar-refractivity contribution in [3.8, 4) is 6.07 Å². The number of hydrogen-bond acceptors (Lipinski definition) is 3. The van der Waals surface area contributed by atoms with Gasteiger partial charge in [-0.05, 0) is 45.7 Å². The Balaban J connectivity index is 2.10. The molecule has 0 aromatic heterocycles. The molecule has 15 heavy (non-hydrogen) atoms. The number of piperidine rings is 1. The van der Waals surface area contributed by atoms with Crippen LogP contribution in [-0.2, 0) is 4.74 Å². The molecule has 1 aliphatic rings. The predicted molar refractivity (Wildman–Crippen MR) is 60.6 cm³/mol. The predicted octanol–water partition coefficient (Wildman–Crippen LogP) is 2.18. The Morgan fingerprint density at radius 2 is 2.33 bits per heavy atom. The van der Waals surface area contributed by atoms with Crippen LogP contribution in [0.5, 0.6) is 0 Å². The van der Waals surface area contributed by atoms with Crippen LogP contribution < -0.4 is 0 Å². The van der Waals surface area contributed by atoms with Crippen molar-refractivity contribution in [3.05, 3.63) is 0 Å². The summed E-state index contributed by atoms with van der Waals surface area (Å²) in [7, 11) is 0. The Hall–Kier alpha value is -0.590. The molecule has 0 N–H and O–H groups in total. The van der Waals surface area contributed by atoms with Crippen LogP contribution in [-0.4, -0.2) is 37.2 Å². The molecule has 1 atom stereocenters. The van der Waals surface area contributed by atoms with E-state index in [0.717, 1.165) is 32.5 Å². The number of nitriles is 1. The summed E-state index contributed by atoms with van der Waals surface area (Å²) in [6.45, 7) is 6.31. The summed E-state index contributed by atoms with van der Waals surface area (Å²) in [6.07, 6.45) is 5.78. The van der Waals surface area contributed by atoms with Crippen molar-refractivity contribution in [1.29, 1.82) is 5.26 Å². The van der Waals surface area contributed by atoms with Crippen molar-refractivity contribution >= 4 is 0 Å². The molecule has 1 unspecified atom stereocenters. The van der Waals surface area contributed by atoms with Crippen molar-refractivity contribution in [2.45, 2.75) is 45.1 Å². The third-order valence-corrected chi connectivity index (χ3v) is 2.88. The summed E-state index contributed by atoms with van der Waals surface area (Å²) in [5.74, 6) is 0. The molecular weight excluding hydrogens is 188 g/mol. The molecule has 0 aromatic carbocycles. The fourth-order valence-electron chi connectivity index (χ4n) is 2.13. The van der Waals surface area contributed by atoms with E-state index >= 15 is 0 Å². The Labute approximate surface area is 93.0 Å². The average molecular weight is 210 g/mol. The minimum absolute atomic E-state index is 0.444. The number of nitrogens with zero attached hydrogens (tertiary/aromatic N) is 2. The van der Waals surface area contributed by atoms with Gasteiger partial charge in [0.1, 0.15) is 0 Å². The Morgan fingerprint density at radius 3 is 3.07 bits per heavy atom. The zero-order chi connectivity index (χ0) is 10.9. The van der Waals surface area contributed by atoms with Gasteiger partial charge in [-0.3, -0.25) is 0 Å². The van der Waals surface area contributed by atoms with E-state index in [-0.39, 0.29) is 0 Å². The first kappa shape index (κ1) is 12.5. The van der Waals surface area contributed by atoms with E-state index in [1.807, 2.05) is 0 Å². The maximum Gasteiger partial charge on any atom is 0.0702 e. The first-order valence-corrected chi connectivity index (χ1v) is 6.07. The van der Waals surface area contributed by atoms with Crippen molar-refractivity contribution in [1.82, 2.24) is 4.90 Å². The van der Waals surface area contributed by atoms with Crippen LogP contribution in [0.1, 0.15) is 39.0 Å². The Kier molecular flexibility index (Phi) is 6.38. The maximum absolute atomic E-state index is 8.43. The van der Waals surface area contributed by atoms with Gasteiger partial charge < -0.3 is 9.64 Å². The molecule has 0 spiro atoms. The minimum atomic E-state index is 0.444. The molecule has 1 aliphatic heterocycles. The quantitative estimate of drug-likeness (QED) is 0.630. The van der Waals surface area contributed by atoms with Crippen molar-refractivity contribution in [2.75, 3.05) is 26.2 Å². The summed E-state index contributed by atoms with van der Waals surface area (Å²) < 4.78 is 5.65. The van der Waals surface area contributed by atoms with Gasteiger partial charge in [0, 0.05) is 19.6 Å². The second-order valence-corrected chi connectivity index (χ2v) is 4.14. The van der Waals surface area contributed by atoms with Crippen LogP contribution in [0.25, 0.3) is 0 Å². The summed E-state index contributed by atoms with van der Waals surface area (Å²) in [4.78, 5) is 2.47. The van der Waals surface area contributed by atoms with Crippen molar-refractivity contribution in [3.63, 3.8) is 0 Å². The van der Waals surface area contributed by atoms with Gasteiger partial charge in [0.15, 0.2) is 0 Å². The van der Waals surface area contributed by atoms with Crippen LogP contribution in [0.15, 0.2) is 0 Å². The first-order valence-electron chi connectivity index (χ1n) is 6.07. The summed E-state index contributed by atoms with van der Waals surface area (Å²) in [6, 6.07) is 2.19. The van der Waals surface area contributed by atoms with E-state index in [4.69, 9.17) is 10.00 Å². The molecule has 1 saturated heterocycles. The smallest absolute Gasteiger partial charge is 0.0702 e. The molecule has 3 heteroatoms. The third kappa shape index (κ3) is 5.15. The molecule has 0 aliphatic carbocycles. The topological polar surface area (TPSA) is 36.3 Å². The van der Waals surface area contributed by atoms with Gasteiger partial charge in [-0.25, -0.2) is 0 Å². The number of hydrogen-bond donors (Lipinski definition) is 0. The summed E-state index contributed by atoms with van der Waals surface area (Å²) in [5, 5.41) is 8.43. The molecule has 1 fully saturated rings. The maximum atomic E-state index is 8.43. The molecule has 0 radical (unpaired) electrons. The average Bonchev–Trinajstić information content (AvgIpc) is 2.26. The molecule has 86 valence electrons. The Bertz CT molecular complexity index is 198. The van der Waals surface area contributed by atoms with E-state index in [1.54, 1.807) is 0 Å². The fourth-order valence-corrected chi connectivity index (χ4v) is 2.13. The summed E-state index contributed by atoms with van der Waals surface area (Å²) >= 11 is 0. The SMILES string of the molecule is CCOC1CCCN(CCCCC#N)C1. The zero-order valence-corrected chi connectivity index (χ0v) is 9.74. The van der Waals surface area contributed by atoms with E-state index in [0.29, 0.717) is 12.5 Å². The lowest BCUT2D eigenvalue weighted by Gasteiger charge is -2.32. The molecule has 1 rings (SSSR count). The van der Waals surface area contributed by atoms with E-state index in [1.165, 1.54) is 19.4 Å². The Morgan fingerprint density at radius 1 is 1.47 bits per heavy atom. The number of unbranched alkanes of at least 4 members (excludes halogenated alkanes) is 2. The van der Waals surface area contributed by atoms with Crippen LogP contribution >= 0.6 is 0 Å². The lowest BCUT2D eigenvalue weighted by atomic mass is 10.1. The van der Waals surface area contributed by atoms with Crippen LogP contribution in [0.3, 0.4) is 0 Å². The molecule has 0 bridgehead atoms. The molecule has 1 heterocycles. The molecular formula is C12H22N2O. The molecule has 0 amide bonds. The normalized spacial score (nSPS) is 22.5. The standard InChI is InChI=1S/C12H22N2O/c1-2-15-12-7-6-10-14(11-12)9-5-3-4-8-13/h12H,2-7,9-11H2,1H3. The summed E-state index contributed by atoms with van der Waals surface area (Å²) in [5.41, 5.74) is 0. The van der Waals surface area contributed by atoms with Gasteiger partial charge in [-0.1, -0.05) is 0 Å². The van der Waals surface area contributed by atoms with Gasteiger partial charge in [-0.15, -0.1) is 0 Å². The highest BCUT2D eigenvalue weighted by Gasteiger charge is 2.18. The van der Waals surface area contributed by atoms with Gasteiger partial charge in [0.2, 0.25) is 0 Å². The minimum Gasteiger partial charge on any atom is -0.377 e.